The number of imidazole rings is 1. The molecular weight excluding hydrogens is 279 g/mol. The third-order valence-corrected chi connectivity index (χ3v) is 3.46. The molecule has 0 bridgehead atoms. The Bertz CT molecular complexity index is 798. The lowest BCUT2D eigenvalue weighted by atomic mass is 10.2. The van der Waals surface area contributed by atoms with Crippen LogP contribution >= 0.6 is 11.6 Å². The summed E-state index contributed by atoms with van der Waals surface area (Å²) in [6.45, 7) is 2.57. The number of phenolic OH excluding ortho intramolecular Hbond substituents is 1. The Balaban J connectivity index is 2.30. The number of halogens is 2. The monoisotopic (exact) mass is 290 g/mol. The SMILES string of the molecule is CCn1c(-c2ccc(Cl)cc2O)nc2ccc(F)cc21. The normalized spacial score (nSPS) is 11.2. The largest absolute Gasteiger partial charge is 0.507 e. The third-order valence-electron chi connectivity index (χ3n) is 3.23. The van der Waals surface area contributed by atoms with E-state index in [2.05, 4.69) is 4.98 Å². The molecule has 0 spiro atoms. The molecule has 20 heavy (non-hydrogen) atoms. The molecule has 1 N–H and O–H groups in total. The molecule has 3 nitrogen and oxygen atoms in total. The predicted molar refractivity (Wildman–Crippen MR) is 77.5 cm³/mol. The first kappa shape index (κ1) is 12.9. The van der Waals surface area contributed by atoms with Gasteiger partial charge >= 0.3 is 0 Å². The van der Waals surface area contributed by atoms with Gasteiger partial charge in [-0.2, -0.15) is 0 Å². The lowest BCUT2D eigenvalue weighted by molar-refractivity contribution is 0.476. The van der Waals surface area contributed by atoms with Gasteiger partial charge in [-0.05, 0) is 43.3 Å². The van der Waals surface area contributed by atoms with E-state index in [4.69, 9.17) is 11.6 Å². The van der Waals surface area contributed by atoms with Crippen molar-refractivity contribution in [3.05, 3.63) is 47.2 Å². The number of hydrogen-bond acceptors (Lipinski definition) is 2. The number of rotatable bonds is 2. The summed E-state index contributed by atoms with van der Waals surface area (Å²) in [5.74, 6) is 0.351. The van der Waals surface area contributed by atoms with E-state index < -0.39 is 0 Å². The Morgan fingerprint density at radius 3 is 2.75 bits per heavy atom. The molecule has 0 aliphatic carbocycles. The van der Waals surface area contributed by atoms with E-state index in [0.717, 1.165) is 0 Å². The quantitative estimate of drug-likeness (QED) is 0.767. The van der Waals surface area contributed by atoms with E-state index in [-0.39, 0.29) is 11.6 Å². The van der Waals surface area contributed by atoms with E-state index in [1.165, 1.54) is 18.2 Å². The van der Waals surface area contributed by atoms with Crippen molar-refractivity contribution in [2.45, 2.75) is 13.5 Å². The highest BCUT2D eigenvalue weighted by molar-refractivity contribution is 6.30. The van der Waals surface area contributed by atoms with Crippen molar-refractivity contribution in [1.82, 2.24) is 9.55 Å². The van der Waals surface area contributed by atoms with Crippen LogP contribution in [0, 0.1) is 5.82 Å². The van der Waals surface area contributed by atoms with Crippen molar-refractivity contribution in [3.8, 4) is 17.1 Å². The van der Waals surface area contributed by atoms with Gasteiger partial charge in [0.25, 0.3) is 0 Å². The number of aryl methyl sites for hydroxylation is 1. The average molecular weight is 291 g/mol. The minimum atomic E-state index is -0.307. The van der Waals surface area contributed by atoms with Gasteiger partial charge < -0.3 is 9.67 Å². The highest BCUT2D eigenvalue weighted by Gasteiger charge is 2.15. The molecule has 1 aromatic heterocycles. The molecule has 3 rings (SSSR count). The number of fused-ring (bicyclic) bond motifs is 1. The lowest BCUT2D eigenvalue weighted by Crippen LogP contribution is -1.97. The average Bonchev–Trinajstić information content (AvgIpc) is 2.76. The Kier molecular flexibility index (Phi) is 3.10. The first-order valence-electron chi connectivity index (χ1n) is 6.25. The van der Waals surface area contributed by atoms with Gasteiger partial charge in [0.1, 0.15) is 17.4 Å². The van der Waals surface area contributed by atoms with Gasteiger partial charge in [0.05, 0.1) is 16.6 Å². The van der Waals surface area contributed by atoms with Crippen LogP contribution < -0.4 is 0 Å². The van der Waals surface area contributed by atoms with Gasteiger partial charge in [0.2, 0.25) is 0 Å². The smallest absolute Gasteiger partial charge is 0.144 e. The molecule has 102 valence electrons. The summed E-state index contributed by atoms with van der Waals surface area (Å²) in [4.78, 5) is 4.48. The fourth-order valence-electron chi connectivity index (χ4n) is 2.32. The Labute approximate surface area is 120 Å². The minimum Gasteiger partial charge on any atom is -0.507 e. The van der Waals surface area contributed by atoms with Crippen molar-refractivity contribution in [3.63, 3.8) is 0 Å². The van der Waals surface area contributed by atoms with Gasteiger partial charge in [-0.15, -0.1) is 0 Å². The summed E-state index contributed by atoms with van der Waals surface area (Å²) >= 11 is 5.84. The summed E-state index contributed by atoms with van der Waals surface area (Å²) in [5, 5.41) is 10.5. The van der Waals surface area contributed by atoms with Gasteiger partial charge in [-0.3, -0.25) is 0 Å². The van der Waals surface area contributed by atoms with Crippen LogP contribution in [0.1, 0.15) is 6.92 Å². The van der Waals surface area contributed by atoms with E-state index in [1.54, 1.807) is 18.2 Å². The molecular formula is C15H12ClFN2O. The summed E-state index contributed by atoms with van der Waals surface area (Å²) in [5.41, 5.74) is 1.97. The maximum absolute atomic E-state index is 13.4. The number of nitrogens with zero attached hydrogens (tertiary/aromatic N) is 2. The Hall–Kier alpha value is -2.07. The molecule has 0 saturated heterocycles. The Morgan fingerprint density at radius 2 is 2.05 bits per heavy atom. The van der Waals surface area contributed by atoms with Crippen LogP contribution in [0.2, 0.25) is 5.02 Å². The van der Waals surface area contributed by atoms with Crippen molar-refractivity contribution >= 4 is 22.6 Å². The van der Waals surface area contributed by atoms with Crippen LogP contribution in [0.25, 0.3) is 22.4 Å². The summed E-state index contributed by atoms with van der Waals surface area (Å²) < 4.78 is 15.3. The number of phenols is 1. The molecule has 0 unspecified atom stereocenters. The molecule has 3 aromatic rings. The van der Waals surface area contributed by atoms with Crippen molar-refractivity contribution < 1.29 is 9.50 Å². The van der Waals surface area contributed by atoms with Gasteiger partial charge in [0.15, 0.2) is 0 Å². The Morgan fingerprint density at radius 1 is 1.25 bits per heavy atom. The second-order valence-electron chi connectivity index (χ2n) is 4.47. The van der Waals surface area contributed by atoms with Crippen LogP contribution in [0.15, 0.2) is 36.4 Å². The lowest BCUT2D eigenvalue weighted by Gasteiger charge is -2.08. The molecule has 0 aliphatic heterocycles. The molecule has 1 heterocycles. The number of hydrogen-bond donors (Lipinski definition) is 1. The van der Waals surface area contributed by atoms with E-state index in [9.17, 15) is 9.50 Å². The van der Waals surface area contributed by atoms with Crippen LogP contribution in [-0.2, 0) is 6.54 Å². The van der Waals surface area contributed by atoms with Crippen molar-refractivity contribution in [2.75, 3.05) is 0 Å². The number of aromatic nitrogens is 2. The van der Waals surface area contributed by atoms with Gasteiger partial charge in [0, 0.05) is 11.6 Å². The minimum absolute atomic E-state index is 0.0583. The number of benzene rings is 2. The molecule has 0 radical (unpaired) electrons. The zero-order valence-electron chi connectivity index (χ0n) is 10.8. The van der Waals surface area contributed by atoms with Crippen LogP contribution in [0.3, 0.4) is 0 Å². The standard InChI is InChI=1S/C15H12ClFN2O/c1-2-19-13-8-10(17)4-6-12(13)18-15(19)11-5-3-9(16)7-14(11)20/h3-8,20H,2H2,1H3. The second kappa shape index (κ2) is 4.80. The maximum Gasteiger partial charge on any atom is 0.144 e. The van der Waals surface area contributed by atoms with E-state index in [0.29, 0.717) is 34.0 Å². The predicted octanol–water partition coefficient (Wildman–Crippen LogP) is 4.22. The van der Waals surface area contributed by atoms with Crippen molar-refractivity contribution in [1.29, 1.82) is 0 Å². The third kappa shape index (κ3) is 2.02. The van der Waals surface area contributed by atoms with Crippen LogP contribution in [0.4, 0.5) is 4.39 Å². The maximum atomic E-state index is 13.4. The highest BCUT2D eigenvalue weighted by atomic mass is 35.5. The summed E-state index contributed by atoms with van der Waals surface area (Å²) in [6, 6.07) is 9.32. The molecule has 0 atom stereocenters. The topological polar surface area (TPSA) is 38.0 Å². The molecule has 0 aliphatic rings. The first-order valence-corrected chi connectivity index (χ1v) is 6.62. The van der Waals surface area contributed by atoms with Crippen LogP contribution in [-0.4, -0.2) is 14.7 Å². The fraction of sp³-hybridized carbons (Fsp3) is 0.133. The molecule has 0 saturated carbocycles. The fourth-order valence-corrected chi connectivity index (χ4v) is 2.48. The molecule has 2 aromatic carbocycles. The van der Waals surface area contributed by atoms with Gasteiger partial charge in [-0.1, -0.05) is 11.6 Å². The second-order valence-corrected chi connectivity index (χ2v) is 4.91. The summed E-state index contributed by atoms with van der Waals surface area (Å²) in [7, 11) is 0. The van der Waals surface area contributed by atoms with Gasteiger partial charge in [-0.25, -0.2) is 9.37 Å². The number of aromatic hydroxyl groups is 1. The molecule has 0 fully saturated rings. The highest BCUT2D eigenvalue weighted by Crippen LogP contribution is 2.33. The zero-order chi connectivity index (χ0) is 14.3. The van der Waals surface area contributed by atoms with E-state index in [1.807, 2.05) is 11.5 Å². The summed E-state index contributed by atoms with van der Waals surface area (Å²) in [6.07, 6.45) is 0. The van der Waals surface area contributed by atoms with E-state index >= 15 is 0 Å². The first-order chi connectivity index (χ1) is 9.60. The van der Waals surface area contributed by atoms with Crippen molar-refractivity contribution in [2.24, 2.45) is 0 Å². The van der Waals surface area contributed by atoms with Crippen LogP contribution in [0.5, 0.6) is 5.75 Å². The molecule has 0 amide bonds. The zero-order valence-corrected chi connectivity index (χ0v) is 11.5. The molecule has 5 heteroatoms.